The van der Waals surface area contributed by atoms with Gasteiger partial charge in [0.05, 0.1) is 29.0 Å². The third-order valence-corrected chi connectivity index (χ3v) is 6.79. The maximum Gasteiger partial charge on any atom is 0.501 e. The normalized spacial score (nSPS) is 21.3. The van der Waals surface area contributed by atoms with E-state index >= 15 is 0 Å². The smallest absolute Gasteiger partial charge is 0.386 e. The van der Waals surface area contributed by atoms with Crippen molar-refractivity contribution in [3.8, 4) is 6.07 Å². The highest BCUT2D eigenvalue weighted by molar-refractivity contribution is 7.92. The van der Waals surface area contributed by atoms with Gasteiger partial charge in [0, 0.05) is 24.0 Å². The fraction of sp³-hybridized carbons (Fsp3) is 0.450. The van der Waals surface area contributed by atoms with Crippen molar-refractivity contribution in [1.82, 2.24) is 10.6 Å². The SMILES string of the molecule is N#C[C@H]1C[C@@H](NCC(F)F)CC[C@@H]1N/C=C(\C(=N)Nc1ccc(S(=O)(=O)C(F)(F)F)cc1)C(N)=O. The van der Waals surface area contributed by atoms with E-state index in [1.807, 2.05) is 0 Å². The Morgan fingerprint density at radius 1 is 1.26 bits per heavy atom. The Bertz CT molecular complexity index is 1100. The molecule has 0 aliphatic heterocycles. The van der Waals surface area contributed by atoms with Crippen molar-refractivity contribution in [2.75, 3.05) is 11.9 Å². The molecule has 1 saturated carbocycles. The third-order valence-electron chi connectivity index (χ3n) is 5.29. The summed E-state index contributed by atoms with van der Waals surface area (Å²) in [6, 6.07) is 4.74. The Balaban J connectivity index is 2.07. The first-order valence-electron chi connectivity index (χ1n) is 10.2. The highest BCUT2D eigenvalue weighted by atomic mass is 32.2. The molecular weight excluding hydrogens is 499 g/mol. The van der Waals surface area contributed by atoms with Gasteiger partial charge in [-0.2, -0.15) is 18.4 Å². The first kappa shape index (κ1) is 28.0. The summed E-state index contributed by atoms with van der Waals surface area (Å²) in [7, 11) is -5.54. The van der Waals surface area contributed by atoms with Crippen LogP contribution in [-0.4, -0.2) is 50.7 Å². The minimum absolute atomic E-state index is 0.0174. The highest BCUT2D eigenvalue weighted by Crippen LogP contribution is 2.30. The highest BCUT2D eigenvalue weighted by Gasteiger charge is 2.46. The van der Waals surface area contributed by atoms with Crippen LogP contribution in [0.15, 0.2) is 40.9 Å². The van der Waals surface area contributed by atoms with Crippen molar-refractivity contribution in [3.63, 3.8) is 0 Å². The number of nitriles is 1. The number of benzene rings is 1. The number of sulfone groups is 1. The van der Waals surface area contributed by atoms with Crippen molar-refractivity contribution in [2.24, 2.45) is 11.7 Å². The molecule has 9 nitrogen and oxygen atoms in total. The molecule has 1 amide bonds. The van der Waals surface area contributed by atoms with Gasteiger partial charge >= 0.3 is 5.51 Å². The molecule has 0 unspecified atom stereocenters. The number of carbonyl (C=O) groups excluding carboxylic acids is 1. The van der Waals surface area contributed by atoms with Crippen LogP contribution in [0.5, 0.6) is 0 Å². The summed E-state index contributed by atoms with van der Waals surface area (Å²) in [6.07, 6.45) is -0.190. The Morgan fingerprint density at radius 3 is 2.40 bits per heavy atom. The van der Waals surface area contributed by atoms with Crippen LogP contribution in [-0.2, 0) is 14.6 Å². The molecule has 192 valence electrons. The number of amides is 1. The summed E-state index contributed by atoms with van der Waals surface area (Å²) < 4.78 is 85.6. The lowest BCUT2D eigenvalue weighted by atomic mass is 9.82. The molecule has 35 heavy (non-hydrogen) atoms. The molecule has 1 aliphatic carbocycles. The van der Waals surface area contributed by atoms with Crippen LogP contribution in [0, 0.1) is 22.7 Å². The number of nitrogens with zero attached hydrogens (tertiary/aromatic N) is 1. The molecule has 1 aromatic carbocycles. The first-order valence-corrected chi connectivity index (χ1v) is 11.7. The van der Waals surface area contributed by atoms with E-state index in [0.717, 1.165) is 18.3 Å². The summed E-state index contributed by atoms with van der Waals surface area (Å²) in [5.41, 5.74) is -0.480. The van der Waals surface area contributed by atoms with Gasteiger partial charge in [0.1, 0.15) is 5.84 Å². The fourth-order valence-electron chi connectivity index (χ4n) is 3.47. The van der Waals surface area contributed by atoms with E-state index in [1.165, 1.54) is 0 Å². The number of nitrogens with two attached hydrogens (primary N) is 1. The second-order valence-corrected chi connectivity index (χ2v) is 9.66. The standard InChI is InChI=1S/C20H23F5N6O3S/c21-17(22)10-29-13-3-6-16(11(7-13)8-26)30-9-15(19(28)32)18(27)31-12-1-4-14(5-2-12)35(33,34)20(23,24)25/h1-2,4-5,9,11,13,16-17,29-30H,3,6-7,10H2,(H2,27,31)(H2,28,32)/b15-9+/t11-,13+,16+/m1/s1. The number of anilines is 1. The van der Waals surface area contributed by atoms with E-state index in [1.54, 1.807) is 0 Å². The monoisotopic (exact) mass is 522 g/mol. The topological polar surface area (TPSA) is 161 Å². The lowest BCUT2D eigenvalue weighted by Crippen LogP contribution is -2.45. The van der Waals surface area contributed by atoms with Gasteiger partial charge in [-0.1, -0.05) is 0 Å². The van der Waals surface area contributed by atoms with Crippen molar-refractivity contribution >= 4 is 27.3 Å². The lowest BCUT2D eigenvalue weighted by molar-refractivity contribution is -0.114. The molecule has 0 heterocycles. The number of hydrogen-bond acceptors (Lipinski definition) is 7. The fourth-order valence-corrected chi connectivity index (χ4v) is 4.24. The van der Waals surface area contributed by atoms with Crippen LogP contribution < -0.4 is 21.7 Å². The number of hydrogen-bond donors (Lipinski definition) is 5. The summed E-state index contributed by atoms with van der Waals surface area (Å²) in [6.45, 7) is -0.488. The van der Waals surface area contributed by atoms with E-state index in [0.29, 0.717) is 31.4 Å². The van der Waals surface area contributed by atoms with Crippen molar-refractivity contribution in [2.45, 2.75) is 48.2 Å². The van der Waals surface area contributed by atoms with Gasteiger partial charge < -0.3 is 21.7 Å². The minimum Gasteiger partial charge on any atom is -0.386 e. The van der Waals surface area contributed by atoms with E-state index in [-0.39, 0.29) is 17.3 Å². The van der Waals surface area contributed by atoms with E-state index in [2.05, 4.69) is 22.0 Å². The molecule has 1 aliphatic rings. The van der Waals surface area contributed by atoms with Gasteiger partial charge in [-0.25, -0.2) is 17.2 Å². The maximum atomic E-state index is 12.7. The molecule has 6 N–H and O–H groups in total. The van der Waals surface area contributed by atoms with Gasteiger partial charge in [0.2, 0.25) is 0 Å². The first-order chi connectivity index (χ1) is 16.3. The number of carbonyl (C=O) groups is 1. The number of halogens is 5. The molecular formula is C20H23F5N6O3S. The minimum atomic E-state index is -5.54. The summed E-state index contributed by atoms with van der Waals surface area (Å²) in [5.74, 6) is -2.13. The van der Waals surface area contributed by atoms with Gasteiger partial charge in [-0.15, -0.1) is 0 Å². The molecule has 0 saturated heterocycles. The zero-order valence-corrected chi connectivity index (χ0v) is 18.9. The molecule has 0 bridgehead atoms. The molecule has 0 spiro atoms. The number of primary amides is 1. The molecule has 0 radical (unpaired) electrons. The Labute approximate surface area is 198 Å². The molecule has 1 fully saturated rings. The molecule has 15 heteroatoms. The number of rotatable bonds is 9. The average Bonchev–Trinajstić information content (AvgIpc) is 2.77. The summed E-state index contributed by atoms with van der Waals surface area (Å²) in [5, 5.41) is 25.5. The van der Waals surface area contributed by atoms with E-state index in [9.17, 15) is 40.4 Å². The lowest BCUT2D eigenvalue weighted by Gasteiger charge is -2.33. The van der Waals surface area contributed by atoms with E-state index in [4.69, 9.17) is 11.1 Å². The zero-order chi connectivity index (χ0) is 26.4. The van der Waals surface area contributed by atoms with Crippen molar-refractivity contribution < 1.29 is 35.2 Å². The van der Waals surface area contributed by atoms with Crippen LogP contribution in [0.4, 0.5) is 27.6 Å². The predicted octanol–water partition coefficient (Wildman–Crippen LogP) is 2.24. The summed E-state index contributed by atoms with van der Waals surface area (Å²) >= 11 is 0. The van der Waals surface area contributed by atoms with Gasteiger partial charge in [-0.05, 0) is 43.5 Å². The van der Waals surface area contributed by atoms with Crippen molar-refractivity contribution in [1.29, 1.82) is 10.7 Å². The second kappa shape index (κ2) is 11.5. The van der Waals surface area contributed by atoms with Crippen LogP contribution in [0.25, 0.3) is 0 Å². The van der Waals surface area contributed by atoms with Crippen LogP contribution in [0.1, 0.15) is 19.3 Å². The number of alkyl halides is 5. The number of nitrogens with one attached hydrogen (secondary N) is 4. The van der Waals surface area contributed by atoms with Crippen LogP contribution >= 0.6 is 0 Å². The third kappa shape index (κ3) is 7.36. The van der Waals surface area contributed by atoms with Crippen molar-refractivity contribution in [3.05, 3.63) is 36.0 Å². The van der Waals surface area contributed by atoms with Gasteiger partial charge in [-0.3, -0.25) is 10.2 Å². The average molecular weight is 523 g/mol. The zero-order valence-electron chi connectivity index (χ0n) is 18.1. The Kier molecular flexibility index (Phi) is 9.16. The predicted molar refractivity (Wildman–Crippen MR) is 116 cm³/mol. The molecule has 0 aromatic heterocycles. The molecule has 2 rings (SSSR count). The quantitative estimate of drug-likeness (QED) is 0.144. The molecule has 3 atom stereocenters. The van der Waals surface area contributed by atoms with Gasteiger partial charge in [0.25, 0.3) is 22.2 Å². The van der Waals surface area contributed by atoms with E-state index < -0.39 is 56.9 Å². The molecule has 1 aromatic rings. The Morgan fingerprint density at radius 2 is 1.89 bits per heavy atom. The summed E-state index contributed by atoms with van der Waals surface area (Å²) in [4.78, 5) is 10.8. The second-order valence-electron chi connectivity index (χ2n) is 7.71. The Hall–Kier alpha value is -3.25. The maximum absolute atomic E-state index is 12.7. The number of amidine groups is 1. The van der Waals surface area contributed by atoms with Crippen LogP contribution in [0.2, 0.25) is 0 Å². The van der Waals surface area contributed by atoms with Crippen LogP contribution in [0.3, 0.4) is 0 Å². The van der Waals surface area contributed by atoms with Gasteiger partial charge in [0.15, 0.2) is 0 Å². The largest absolute Gasteiger partial charge is 0.501 e.